The minimum absolute atomic E-state index is 0.161. The van der Waals surface area contributed by atoms with Gasteiger partial charge in [0.1, 0.15) is 22.7 Å². The maximum absolute atomic E-state index is 12.7. The first-order valence-corrected chi connectivity index (χ1v) is 12.8. The number of carbonyl (C=O) groups is 1. The number of amides is 1. The predicted molar refractivity (Wildman–Crippen MR) is 123 cm³/mol. The molecule has 32 heavy (non-hydrogen) atoms. The van der Waals surface area contributed by atoms with Crippen LogP contribution < -0.4 is 4.74 Å². The molecule has 0 radical (unpaired) electrons. The molecule has 0 unspecified atom stereocenters. The zero-order chi connectivity index (χ0) is 22.3. The Hall–Kier alpha value is -1.93. The monoisotopic (exact) mass is 459 g/mol. The number of hydrogen-bond donors (Lipinski definition) is 0. The Morgan fingerprint density at radius 3 is 2.38 bits per heavy atom. The first-order valence-electron chi connectivity index (χ1n) is 11.9. The molecule has 2 aromatic heterocycles. The molecule has 8 heteroatoms. The summed E-state index contributed by atoms with van der Waals surface area (Å²) in [5.74, 6) is 0.709. The minimum Gasteiger partial charge on any atom is -0.473 e. The molecule has 0 N–H and O–H groups in total. The quantitative estimate of drug-likeness (QED) is 0.615. The van der Waals surface area contributed by atoms with Crippen LogP contribution in [-0.2, 0) is 9.47 Å². The molecule has 2 aromatic rings. The van der Waals surface area contributed by atoms with Crippen LogP contribution in [0.2, 0.25) is 0 Å². The molecule has 0 spiro atoms. The van der Waals surface area contributed by atoms with E-state index in [0.717, 1.165) is 61.6 Å². The molecule has 2 saturated heterocycles. The van der Waals surface area contributed by atoms with Crippen LogP contribution in [0.3, 0.4) is 0 Å². The van der Waals surface area contributed by atoms with Crippen molar-refractivity contribution in [1.82, 2.24) is 14.9 Å². The summed E-state index contributed by atoms with van der Waals surface area (Å²) in [5, 5.41) is 2.03. The number of carbonyl (C=O) groups excluding carboxylic acids is 1. The number of hydrogen-bond acceptors (Lipinski definition) is 7. The third-order valence-electron chi connectivity index (χ3n) is 6.79. The Morgan fingerprint density at radius 1 is 1.00 bits per heavy atom. The lowest BCUT2D eigenvalue weighted by Gasteiger charge is -2.41. The summed E-state index contributed by atoms with van der Waals surface area (Å²) in [5.41, 5.74) is 0.496. The zero-order valence-electron chi connectivity index (χ0n) is 19.2. The van der Waals surface area contributed by atoms with Crippen molar-refractivity contribution in [2.24, 2.45) is 0 Å². The molecule has 2 atom stereocenters. The average molecular weight is 460 g/mol. The largest absolute Gasteiger partial charge is 0.473 e. The lowest BCUT2D eigenvalue weighted by Crippen LogP contribution is -2.50. The van der Waals surface area contributed by atoms with E-state index in [2.05, 4.69) is 9.97 Å². The second-order valence-corrected chi connectivity index (χ2v) is 11.2. The van der Waals surface area contributed by atoms with E-state index in [-0.39, 0.29) is 36.5 Å². The number of nitrogens with zero attached hydrogens (tertiary/aromatic N) is 3. The van der Waals surface area contributed by atoms with E-state index in [0.29, 0.717) is 5.88 Å². The average Bonchev–Trinajstić information content (AvgIpc) is 3.32. The number of thiophene rings is 1. The zero-order valence-corrected chi connectivity index (χ0v) is 20.0. The van der Waals surface area contributed by atoms with Gasteiger partial charge in [-0.15, -0.1) is 11.3 Å². The van der Waals surface area contributed by atoms with Crippen molar-refractivity contribution < 1.29 is 19.0 Å². The topological polar surface area (TPSA) is 73.8 Å². The summed E-state index contributed by atoms with van der Waals surface area (Å²) in [7, 11) is 0. The lowest BCUT2D eigenvalue weighted by molar-refractivity contribution is -0.0814. The molecule has 1 amide bonds. The molecule has 4 heterocycles. The SMILES string of the molecule is CC(C)(C)OC(=O)N1[C@H]2CC[C@H]1CC(OC1CCC(Oc3ncnc4ccsc34)CC1)C2. The highest BCUT2D eigenvalue weighted by atomic mass is 32.1. The van der Waals surface area contributed by atoms with Gasteiger partial charge in [-0.3, -0.25) is 0 Å². The van der Waals surface area contributed by atoms with E-state index in [1.165, 1.54) is 0 Å². The van der Waals surface area contributed by atoms with Crippen LogP contribution in [0.25, 0.3) is 10.2 Å². The predicted octanol–water partition coefficient (Wildman–Crippen LogP) is 5.33. The smallest absolute Gasteiger partial charge is 0.410 e. The molecule has 5 rings (SSSR count). The molecule has 1 saturated carbocycles. The summed E-state index contributed by atoms with van der Waals surface area (Å²) < 4.78 is 19.5. The summed E-state index contributed by atoms with van der Waals surface area (Å²) in [6.45, 7) is 5.78. The fourth-order valence-electron chi connectivity index (χ4n) is 5.42. The minimum atomic E-state index is -0.453. The van der Waals surface area contributed by atoms with E-state index < -0.39 is 5.60 Å². The van der Waals surface area contributed by atoms with Gasteiger partial charge < -0.3 is 19.1 Å². The molecule has 0 aromatic carbocycles. The first kappa shape index (κ1) is 21.9. The molecule has 1 aliphatic carbocycles. The van der Waals surface area contributed by atoms with Gasteiger partial charge in [0.2, 0.25) is 5.88 Å². The van der Waals surface area contributed by atoms with Crippen LogP contribution in [0.1, 0.15) is 72.1 Å². The van der Waals surface area contributed by atoms with Gasteiger partial charge in [-0.25, -0.2) is 14.8 Å². The van der Waals surface area contributed by atoms with E-state index in [4.69, 9.17) is 14.2 Å². The molecule has 174 valence electrons. The maximum Gasteiger partial charge on any atom is 0.410 e. The Labute approximate surface area is 193 Å². The molecule has 2 bridgehead atoms. The maximum atomic E-state index is 12.7. The fraction of sp³-hybridized carbons (Fsp3) is 0.708. The normalized spacial score (nSPS) is 30.5. The summed E-state index contributed by atoms with van der Waals surface area (Å²) in [6.07, 6.45) is 10.0. The summed E-state index contributed by atoms with van der Waals surface area (Å²) in [4.78, 5) is 23.3. The highest BCUT2D eigenvalue weighted by Crippen LogP contribution is 2.39. The first-order chi connectivity index (χ1) is 15.4. The Balaban J connectivity index is 1.11. The van der Waals surface area contributed by atoms with Gasteiger partial charge in [0.05, 0.1) is 17.7 Å². The van der Waals surface area contributed by atoms with Crippen molar-refractivity contribution in [3.05, 3.63) is 17.8 Å². The van der Waals surface area contributed by atoms with E-state index >= 15 is 0 Å². The van der Waals surface area contributed by atoms with E-state index in [1.807, 2.05) is 37.1 Å². The number of fused-ring (bicyclic) bond motifs is 3. The highest BCUT2D eigenvalue weighted by Gasteiger charge is 2.45. The van der Waals surface area contributed by atoms with Gasteiger partial charge in [0.25, 0.3) is 0 Å². The number of piperidine rings is 1. The van der Waals surface area contributed by atoms with Crippen LogP contribution in [0.15, 0.2) is 17.8 Å². The molecular formula is C24H33N3O4S. The summed E-state index contributed by atoms with van der Waals surface area (Å²) in [6, 6.07) is 2.50. The van der Waals surface area contributed by atoms with Crippen LogP contribution in [0.5, 0.6) is 5.88 Å². The molecule has 3 fully saturated rings. The van der Waals surface area contributed by atoms with Crippen molar-refractivity contribution >= 4 is 27.6 Å². The Kier molecular flexibility index (Phi) is 6.01. The highest BCUT2D eigenvalue weighted by molar-refractivity contribution is 7.17. The molecule has 7 nitrogen and oxygen atoms in total. The van der Waals surface area contributed by atoms with Crippen LogP contribution in [-0.4, -0.2) is 57.0 Å². The van der Waals surface area contributed by atoms with Crippen LogP contribution in [0.4, 0.5) is 4.79 Å². The van der Waals surface area contributed by atoms with E-state index in [1.54, 1.807) is 17.7 Å². The van der Waals surface area contributed by atoms with Crippen LogP contribution in [0, 0.1) is 0 Å². The van der Waals surface area contributed by atoms with Crippen molar-refractivity contribution in [2.45, 2.75) is 108 Å². The molecule has 3 aliphatic rings. The van der Waals surface area contributed by atoms with Gasteiger partial charge in [-0.1, -0.05) is 0 Å². The second kappa shape index (κ2) is 8.78. The standard InChI is InChI=1S/C24H33N3O4S/c1-24(2,3)31-23(28)27-15-4-5-16(27)13-19(12-15)29-17-6-8-18(9-7-17)30-22-21-20(10-11-32-21)25-14-26-22/h10-11,14-19H,4-9,12-13H2,1-3H3/t15-,16-,17?,18?/m0/s1. The lowest BCUT2D eigenvalue weighted by atomic mass is 9.93. The van der Waals surface area contributed by atoms with Crippen LogP contribution >= 0.6 is 11.3 Å². The molecule has 2 aliphatic heterocycles. The van der Waals surface area contributed by atoms with Gasteiger partial charge in [-0.05, 0) is 83.6 Å². The Morgan fingerprint density at radius 2 is 1.69 bits per heavy atom. The number of aromatic nitrogens is 2. The number of rotatable bonds is 4. The van der Waals surface area contributed by atoms with Crippen molar-refractivity contribution in [3.8, 4) is 5.88 Å². The second-order valence-electron chi connectivity index (χ2n) is 10.3. The summed E-state index contributed by atoms with van der Waals surface area (Å²) >= 11 is 1.63. The molecular weight excluding hydrogens is 426 g/mol. The van der Waals surface area contributed by atoms with E-state index in [9.17, 15) is 4.79 Å². The Bertz CT molecular complexity index is 936. The van der Waals surface area contributed by atoms with Crippen molar-refractivity contribution in [1.29, 1.82) is 0 Å². The van der Waals surface area contributed by atoms with Gasteiger partial charge in [0.15, 0.2) is 0 Å². The number of ether oxygens (including phenoxy) is 3. The van der Waals surface area contributed by atoms with Crippen molar-refractivity contribution in [3.63, 3.8) is 0 Å². The third-order valence-corrected chi connectivity index (χ3v) is 7.68. The third kappa shape index (κ3) is 4.71. The van der Waals surface area contributed by atoms with Crippen molar-refractivity contribution in [2.75, 3.05) is 0 Å². The van der Waals surface area contributed by atoms with Gasteiger partial charge in [-0.2, -0.15) is 0 Å². The fourth-order valence-corrected chi connectivity index (χ4v) is 6.19. The van der Waals surface area contributed by atoms with Gasteiger partial charge in [0, 0.05) is 12.1 Å². The van der Waals surface area contributed by atoms with Gasteiger partial charge >= 0.3 is 6.09 Å².